The average Bonchev–Trinajstić information content (AvgIpc) is 2.82. The average molecular weight is 535 g/mol. The third kappa shape index (κ3) is 7.64. The lowest BCUT2D eigenvalue weighted by molar-refractivity contribution is -0.117. The van der Waals surface area contributed by atoms with Crippen molar-refractivity contribution in [1.82, 2.24) is 10.2 Å². The molecule has 1 fully saturated rings. The fourth-order valence-corrected chi connectivity index (χ4v) is 5.98. The maximum Gasteiger partial charge on any atom is 0.248 e. The highest BCUT2D eigenvalue weighted by Crippen LogP contribution is 2.33. The van der Waals surface area contributed by atoms with Crippen molar-refractivity contribution in [2.75, 3.05) is 60.9 Å². The van der Waals surface area contributed by atoms with Crippen molar-refractivity contribution in [3.8, 4) is 0 Å². The van der Waals surface area contributed by atoms with E-state index in [0.717, 1.165) is 73.5 Å². The minimum atomic E-state index is -3.29. The zero-order chi connectivity index (χ0) is 24.8. The van der Waals surface area contributed by atoms with Gasteiger partial charge in [0.1, 0.15) is 0 Å². The monoisotopic (exact) mass is 534 g/mol. The molecule has 0 saturated carbocycles. The Morgan fingerprint density at radius 3 is 2.66 bits per heavy atom. The second-order valence-corrected chi connectivity index (χ2v) is 12.1. The molecule has 2 aliphatic rings. The topological polar surface area (TPSA) is 81.8 Å². The van der Waals surface area contributed by atoms with Gasteiger partial charge in [0.2, 0.25) is 15.9 Å². The summed E-state index contributed by atoms with van der Waals surface area (Å²) in [6, 6.07) is 13.3. The van der Waals surface area contributed by atoms with Crippen molar-refractivity contribution >= 4 is 56.7 Å². The van der Waals surface area contributed by atoms with Gasteiger partial charge in [0.05, 0.1) is 11.9 Å². The molecule has 0 unspecified atom stereocenters. The first kappa shape index (κ1) is 25.9. The highest BCUT2D eigenvalue weighted by Gasteiger charge is 2.18. The van der Waals surface area contributed by atoms with Crippen LogP contribution in [0.15, 0.2) is 52.9 Å². The predicted molar refractivity (Wildman–Crippen MR) is 146 cm³/mol. The van der Waals surface area contributed by atoms with Crippen molar-refractivity contribution < 1.29 is 13.2 Å². The van der Waals surface area contributed by atoms with Crippen LogP contribution in [-0.2, 0) is 14.8 Å². The Balaban J connectivity index is 1.15. The summed E-state index contributed by atoms with van der Waals surface area (Å²) in [5.41, 5.74) is 3.42. The van der Waals surface area contributed by atoms with Crippen LogP contribution in [0.2, 0.25) is 5.02 Å². The van der Waals surface area contributed by atoms with Gasteiger partial charge in [0, 0.05) is 59.7 Å². The first-order valence-electron chi connectivity index (χ1n) is 11.7. The molecule has 7 nitrogen and oxygen atoms in total. The van der Waals surface area contributed by atoms with E-state index in [4.69, 9.17) is 11.6 Å². The normalized spacial score (nSPS) is 16.4. The minimum Gasteiger partial charge on any atom is -0.369 e. The molecule has 0 spiro atoms. The maximum atomic E-state index is 12.5. The van der Waals surface area contributed by atoms with E-state index in [0.29, 0.717) is 23.0 Å². The number of halogens is 1. The Morgan fingerprint density at radius 2 is 1.89 bits per heavy atom. The first-order chi connectivity index (χ1) is 16.8. The molecule has 2 N–H and O–H groups in total. The van der Waals surface area contributed by atoms with Crippen molar-refractivity contribution in [2.45, 2.75) is 17.7 Å². The van der Waals surface area contributed by atoms with E-state index < -0.39 is 10.0 Å². The Bertz CT molecular complexity index is 1190. The molecule has 0 bridgehead atoms. The number of nitrogens with one attached hydrogen (secondary N) is 2. The van der Waals surface area contributed by atoms with Crippen LogP contribution in [0.5, 0.6) is 0 Å². The van der Waals surface area contributed by atoms with Crippen LogP contribution in [0.3, 0.4) is 0 Å². The number of carbonyl (C=O) groups excluding carboxylic acids is 1. The highest BCUT2D eigenvalue weighted by molar-refractivity contribution is 7.99. The molecular formula is C25H31ClN4O3S2. The summed E-state index contributed by atoms with van der Waals surface area (Å²) in [5, 5.41) is 3.74. The molecule has 1 saturated heterocycles. The predicted octanol–water partition coefficient (Wildman–Crippen LogP) is 3.92. The van der Waals surface area contributed by atoms with Gasteiger partial charge in [0.25, 0.3) is 0 Å². The second-order valence-electron chi connectivity index (χ2n) is 8.86. The lowest BCUT2D eigenvalue weighted by atomic mass is 10.1. The summed E-state index contributed by atoms with van der Waals surface area (Å²) in [5.74, 6) is 0.683. The lowest BCUT2D eigenvalue weighted by Gasteiger charge is -2.36. The van der Waals surface area contributed by atoms with Crippen LogP contribution in [0, 0.1) is 0 Å². The summed E-state index contributed by atoms with van der Waals surface area (Å²) in [7, 11) is -3.29. The molecule has 2 aromatic carbocycles. The Hall–Kier alpha value is -2.20. The molecule has 0 radical (unpaired) electrons. The number of sulfonamides is 1. The quantitative estimate of drug-likeness (QED) is 0.475. The number of carbonyl (C=O) groups is 1. The van der Waals surface area contributed by atoms with Gasteiger partial charge in [-0.1, -0.05) is 17.7 Å². The molecule has 2 aliphatic heterocycles. The third-order valence-electron chi connectivity index (χ3n) is 6.05. The van der Waals surface area contributed by atoms with E-state index in [1.807, 2.05) is 42.5 Å². The molecule has 2 heterocycles. The molecule has 35 heavy (non-hydrogen) atoms. The van der Waals surface area contributed by atoms with Crippen molar-refractivity contribution in [3.63, 3.8) is 0 Å². The van der Waals surface area contributed by atoms with E-state index in [1.54, 1.807) is 17.8 Å². The Morgan fingerprint density at radius 1 is 1.09 bits per heavy atom. The summed E-state index contributed by atoms with van der Waals surface area (Å²) >= 11 is 7.75. The Labute approximate surface area is 216 Å². The number of rotatable bonds is 9. The molecule has 10 heteroatoms. The molecule has 2 aromatic rings. The van der Waals surface area contributed by atoms with Crippen molar-refractivity contribution in [2.24, 2.45) is 0 Å². The van der Waals surface area contributed by atoms with E-state index in [-0.39, 0.29) is 5.91 Å². The van der Waals surface area contributed by atoms with Crippen LogP contribution in [0.1, 0.15) is 18.4 Å². The molecule has 4 rings (SSSR count). The standard InChI is InChI=1S/C25H31ClN4O3S2/c1-35(32,33)28-22-5-4-6-23(17-22)30-13-11-29(12-14-30)10-3-2-9-27-25(31)20-15-19-16-21(26)7-8-24(19)34-18-20/h4-8,15-17,28H,2-3,9-14,18H2,1H3,(H,27,31). The van der Waals surface area contributed by atoms with Crippen molar-refractivity contribution in [3.05, 3.63) is 58.6 Å². The summed E-state index contributed by atoms with van der Waals surface area (Å²) < 4.78 is 25.5. The van der Waals surface area contributed by atoms with Gasteiger partial charge < -0.3 is 10.2 Å². The maximum absolute atomic E-state index is 12.5. The van der Waals surface area contributed by atoms with E-state index in [9.17, 15) is 13.2 Å². The summed E-state index contributed by atoms with van der Waals surface area (Å²) in [4.78, 5) is 18.4. The number of thioether (sulfide) groups is 1. The SMILES string of the molecule is CS(=O)(=O)Nc1cccc(N2CCN(CCCCNC(=O)C3=Cc4cc(Cl)ccc4SC3)CC2)c1. The molecule has 188 valence electrons. The first-order valence-corrected chi connectivity index (χ1v) is 15.0. The fourth-order valence-electron chi connectivity index (χ4n) is 4.27. The number of anilines is 2. The minimum absolute atomic E-state index is 0.00401. The number of benzene rings is 2. The van der Waals surface area contributed by atoms with Gasteiger partial charge in [0.15, 0.2) is 0 Å². The van der Waals surface area contributed by atoms with Crippen LogP contribution in [-0.4, -0.2) is 70.5 Å². The molecule has 0 aromatic heterocycles. The van der Waals surface area contributed by atoms with Gasteiger partial charge >= 0.3 is 0 Å². The third-order valence-corrected chi connectivity index (χ3v) is 8.03. The number of unbranched alkanes of at least 4 members (excludes halogenated alkanes) is 1. The van der Waals surface area contributed by atoms with Gasteiger partial charge in [-0.15, -0.1) is 11.8 Å². The van der Waals surface area contributed by atoms with Crippen LogP contribution < -0.4 is 14.9 Å². The van der Waals surface area contributed by atoms with Gasteiger partial charge in [-0.05, 0) is 67.4 Å². The molecule has 1 amide bonds. The number of nitrogens with zero attached hydrogens (tertiary/aromatic N) is 2. The van der Waals surface area contributed by atoms with E-state index in [1.165, 1.54) is 0 Å². The largest absolute Gasteiger partial charge is 0.369 e. The van der Waals surface area contributed by atoms with E-state index in [2.05, 4.69) is 19.8 Å². The number of hydrogen-bond acceptors (Lipinski definition) is 6. The highest BCUT2D eigenvalue weighted by atomic mass is 35.5. The van der Waals surface area contributed by atoms with Crippen LogP contribution >= 0.6 is 23.4 Å². The van der Waals surface area contributed by atoms with Gasteiger partial charge in [-0.3, -0.25) is 14.4 Å². The van der Waals surface area contributed by atoms with Gasteiger partial charge in [-0.25, -0.2) is 8.42 Å². The number of fused-ring (bicyclic) bond motifs is 1. The molecule has 0 aliphatic carbocycles. The van der Waals surface area contributed by atoms with Gasteiger partial charge in [-0.2, -0.15) is 0 Å². The smallest absolute Gasteiger partial charge is 0.248 e. The fraction of sp³-hybridized carbons (Fsp3) is 0.400. The summed E-state index contributed by atoms with van der Waals surface area (Å²) in [6.07, 6.45) is 5.07. The Kier molecular flexibility index (Phi) is 8.64. The zero-order valence-electron chi connectivity index (χ0n) is 19.8. The van der Waals surface area contributed by atoms with Crippen LogP contribution in [0.4, 0.5) is 11.4 Å². The zero-order valence-corrected chi connectivity index (χ0v) is 22.2. The summed E-state index contributed by atoms with van der Waals surface area (Å²) in [6.45, 7) is 5.39. The second kappa shape index (κ2) is 11.7. The number of hydrogen-bond donors (Lipinski definition) is 2. The number of piperazine rings is 1. The van der Waals surface area contributed by atoms with Crippen LogP contribution in [0.25, 0.3) is 6.08 Å². The van der Waals surface area contributed by atoms with Crippen molar-refractivity contribution in [1.29, 1.82) is 0 Å². The molecular weight excluding hydrogens is 504 g/mol. The molecule has 0 atom stereocenters. The lowest BCUT2D eigenvalue weighted by Crippen LogP contribution is -2.46. The van der Waals surface area contributed by atoms with E-state index >= 15 is 0 Å². The number of amides is 1.